The number of piperidine rings is 2. The number of hydrogen-bond donors (Lipinski definition) is 2. The first-order chi connectivity index (χ1) is 12.2. The van der Waals surface area contributed by atoms with E-state index in [2.05, 4.69) is 15.5 Å². The van der Waals surface area contributed by atoms with Crippen LogP contribution in [0.1, 0.15) is 32.1 Å². The zero-order valence-electron chi connectivity index (χ0n) is 14.6. The summed E-state index contributed by atoms with van der Waals surface area (Å²) in [6, 6.07) is 7.78. The highest BCUT2D eigenvalue weighted by Gasteiger charge is 2.45. The number of carbonyl (C=O) groups excluding carboxylic acids is 2. The third-order valence-corrected chi connectivity index (χ3v) is 5.76. The van der Waals surface area contributed by atoms with Crippen molar-refractivity contribution in [3.8, 4) is 0 Å². The second-order valence-electron chi connectivity index (χ2n) is 7.42. The summed E-state index contributed by atoms with van der Waals surface area (Å²) in [4.78, 5) is 29.4. The van der Waals surface area contributed by atoms with Crippen LogP contribution in [0.2, 0.25) is 0 Å². The molecule has 0 radical (unpaired) electrons. The molecule has 0 saturated carbocycles. The standard InChI is InChI=1S/C19H26N4O2/c24-17(14-22-10-4-1-5-11-22)23-12-8-19(9-13-23)18(25)20-15-6-2-3-7-16(15)21-19/h2-3,6-7,21H,1,4-5,8-14H2,(H,20,25). The van der Waals surface area contributed by atoms with Crippen LogP contribution in [0.4, 0.5) is 11.4 Å². The van der Waals surface area contributed by atoms with E-state index in [9.17, 15) is 9.59 Å². The summed E-state index contributed by atoms with van der Waals surface area (Å²) in [5.41, 5.74) is 1.22. The van der Waals surface area contributed by atoms with E-state index < -0.39 is 5.54 Å². The largest absolute Gasteiger partial charge is 0.369 e. The zero-order valence-corrected chi connectivity index (χ0v) is 14.6. The number of nitrogens with zero attached hydrogens (tertiary/aromatic N) is 2. The molecule has 25 heavy (non-hydrogen) atoms. The number of anilines is 2. The first-order valence-electron chi connectivity index (χ1n) is 9.35. The number of amides is 2. The number of para-hydroxylation sites is 2. The van der Waals surface area contributed by atoms with Crippen molar-refractivity contribution in [3.63, 3.8) is 0 Å². The monoisotopic (exact) mass is 342 g/mol. The summed E-state index contributed by atoms with van der Waals surface area (Å²) in [6.45, 7) is 3.86. The smallest absolute Gasteiger partial charge is 0.250 e. The average Bonchev–Trinajstić information content (AvgIpc) is 2.64. The molecule has 1 spiro atoms. The minimum atomic E-state index is -0.587. The van der Waals surface area contributed by atoms with Gasteiger partial charge in [0.1, 0.15) is 5.54 Å². The van der Waals surface area contributed by atoms with E-state index in [0.29, 0.717) is 32.5 Å². The lowest BCUT2D eigenvalue weighted by atomic mass is 9.84. The highest BCUT2D eigenvalue weighted by molar-refractivity contribution is 6.06. The topological polar surface area (TPSA) is 64.7 Å². The highest BCUT2D eigenvalue weighted by atomic mass is 16.2. The number of carbonyl (C=O) groups is 2. The number of benzene rings is 1. The van der Waals surface area contributed by atoms with Crippen LogP contribution in [-0.2, 0) is 9.59 Å². The Kier molecular flexibility index (Phi) is 4.37. The average molecular weight is 342 g/mol. The van der Waals surface area contributed by atoms with Crippen LogP contribution in [0.25, 0.3) is 0 Å². The molecule has 4 rings (SSSR count). The molecule has 3 aliphatic rings. The molecule has 2 amide bonds. The second kappa shape index (κ2) is 6.67. The van der Waals surface area contributed by atoms with Gasteiger partial charge in [0.25, 0.3) is 0 Å². The summed E-state index contributed by atoms with van der Waals surface area (Å²) >= 11 is 0. The van der Waals surface area contributed by atoms with Gasteiger partial charge in [0.15, 0.2) is 0 Å². The number of rotatable bonds is 2. The number of fused-ring (bicyclic) bond motifs is 1. The fourth-order valence-electron chi connectivity index (χ4n) is 4.16. The molecule has 0 atom stereocenters. The SMILES string of the molecule is O=C(CN1CCCCC1)N1CCC2(CC1)Nc1ccccc1NC2=O. The van der Waals surface area contributed by atoms with Gasteiger partial charge in [-0.1, -0.05) is 18.6 Å². The fourth-order valence-corrected chi connectivity index (χ4v) is 4.16. The minimum absolute atomic E-state index is 0.0225. The summed E-state index contributed by atoms with van der Waals surface area (Å²) in [7, 11) is 0. The van der Waals surface area contributed by atoms with Gasteiger partial charge in [-0.05, 0) is 50.9 Å². The molecule has 3 aliphatic heterocycles. The zero-order chi connectivity index (χ0) is 17.3. The molecule has 6 heteroatoms. The van der Waals surface area contributed by atoms with Crippen molar-refractivity contribution in [2.75, 3.05) is 43.4 Å². The van der Waals surface area contributed by atoms with E-state index in [1.807, 2.05) is 29.2 Å². The van der Waals surface area contributed by atoms with E-state index in [4.69, 9.17) is 0 Å². The van der Waals surface area contributed by atoms with Crippen molar-refractivity contribution in [2.45, 2.75) is 37.6 Å². The Balaban J connectivity index is 1.38. The quantitative estimate of drug-likeness (QED) is 0.862. The van der Waals surface area contributed by atoms with Crippen LogP contribution < -0.4 is 10.6 Å². The lowest BCUT2D eigenvalue weighted by Gasteiger charge is -2.44. The second-order valence-corrected chi connectivity index (χ2v) is 7.42. The Morgan fingerprint density at radius 2 is 1.68 bits per heavy atom. The van der Waals surface area contributed by atoms with E-state index >= 15 is 0 Å². The molecule has 2 fully saturated rings. The van der Waals surface area contributed by atoms with E-state index in [1.165, 1.54) is 19.3 Å². The summed E-state index contributed by atoms with van der Waals surface area (Å²) in [5, 5.41) is 6.46. The van der Waals surface area contributed by atoms with Gasteiger partial charge in [0, 0.05) is 13.1 Å². The van der Waals surface area contributed by atoms with Crippen molar-refractivity contribution in [1.82, 2.24) is 9.80 Å². The summed E-state index contributed by atoms with van der Waals surface area (Å²) in [6.07, 6.45) is 4.97. The van der Waals surface area contributed by atoms with Crippen molar-refractivity contribution < 1.29 is 9.59 Å². The third kappa shape index (κ3) is 3.23. The van der Waals surface area contributed by atoms with E-state index in [0.717, 1.165) is 24.5 Å². The van der Waals surface area contributed by atoms with Crippen molar-refractivity contribution in [3.05, 3.63) is 24.3 Å². The molecule has 1 aromatic carbocycles. The van der Waals surface area contributed by atoms with E-state index in [-0.39, 0.29) is 11.8 Å². The fraction of sp³-hybridized carbons (Fsp3) is 0.579. The van der Waals surface area contributed by atoms with E-state index in [1.54, 1.807) is 0 Å². The molecule has 2 saturated heterocycles. The minimum Gasteiger partial charge on any atom is -0.369 e. The Labute approximate surface area is 148 Å². The molecule has 134 valence electrons. The first kappa shape index (κ1) is 16.4. The summed E-state index contributed by atoms with van der Waals surface area (Å²) in [5.74, 6) is 0.225. The Morgan fingerprint density at radius 3 is 2.40 bits per heavy atom. The van der Waals surface area contributed by atoms with Gasteiger partial charge in [-0.25, -0.2) is 0 Å². The lowest BCUT2D eigenvalue weighted by molar-refractivity contribution is -0.136. The van der Waals surface area contributed by atoms with Gasteiger partial charge in [-0.2, -0.15) is 0 Å². The van der Waals surface area contributed by atoms with Crippen LogP contribution in [0, 0.1) is 0 Å². The predicted octanol–water partition coefficient (Wildman–Crippen LogP) is 1.90. The van der Waals surface area contributed by atoms with Crippen LogP contribution in [0.3, 0.4) is 0 Å². The normalized spacial score (nSPS) is 22.9. The van der Waals surface area contributed by atoms with Gasteiger partial charge in [0.05, 0.1) is 17.9 Å². The molecule has 1 aromatic rings. The number of hydrogen-bond acceptors (Lipinski definition) is 4. The van der Waals surface area contributed by atoms with Gasteiger partial charge < -0.3 is 15.5 Å². The van der Waals surface area contributed by atoms with Gasteiger partial charge in [-0.15, -0.1) is 0 Å². The highest BCUT2D eigenvalue weighted by Crippen LogP contribution is 2.36. The molecule has 0 aromatic heterocycles. The molecular formula is C19H26N4O2. The Morgan fingerprint density at radius 1 is 1.00 bits per heavy atom. The molecule has 0 aliphatic carbocycles. The van der Waals surface area contributed by atoms with Crippen LogP contribution in [0.15, 0.2) is 24.3 Å². The maximum absolute atomic E-state index is 12.6. The van der Waals surface area contributed by atoms with Gasteiger partial charge in [-0.3, -0.25) is 14.5 Å². The van der Waals surface area contributed by atoms with Crippen LogP contribution >= 0.6 is 0 Å². The first-order valence-corrected chi connectivity index (χ1v) is 9.35. The molecule has 6 nitrogen and oxygen atoms in total. The van der Waals surface area contributed by atoms with Crippen LogP contribution in [0.5, 0.6) is 0 Å². The molecular weight excluding hydrogens is 316 g/mol. The molecule has 0 bridgehead atoms. The third-order valence-electron chi connectivity index (χ3n) is 5.76. The molecule has 2 N–H and O–H groups in total. The molecule has 3 heterocycles. The van der Waals surface area contributed by atoms with Gasteiger partial charge in [0.2, 0.25) is 11.8 Å². The summed E-state index contributed by atoms with van der Waals surface area (Å²) < 4.78 is 0. The van der Waals surface area contributed by atoms with Crippen molar-refractivity contribution in [2.24, 2.45) is 0 Å². The Bertz CT molecular complexity index is 661. The van der Waals surface area contributed by atoms with Crippen molar-refractivity contribution >= 4 is 23.2 Å². The predicted molar refractivity (Wildman–Crippen MR) is 97.5 cm³/mol. The van der Waals surface area contributed by atoms with Gasteiger partial charge >= 0.3 is 0 Å². The van der Waals surface area contributed by atoms with Crippen molar-refractivity contribution in [1.29, 1.82) is 0 Å². The number of likely N-dealkylation sites (tertiary alicyclic amines) is 2. The Hall–Kier alpha value is -2.08. The maximum atomic E-state index is 12.6. The van der Waals surface area contributed by atoms with Crippen LogP contribution in [-0.4, -0.2) is 59.9 Å². The molecule has 0 unspecified atom stereocenters. The lowest BCUT2D eigenvalue weighted by Crippen LogP contribution is -2.59. The number of nitrogens with one attached hydrogen (secondary N) is 2. The maximum Gasteiger partial charge on any atom is 0.250 e.